The van der Waals surface area contributed by atoms with Crippen molar-refractivity contribution in [1.82, 2.24) is 0 Å². The third-order valence-electron chi connectivity index (χ3n) is 4.73. The molecule has 0 unspecified atom stereocenters. The molecule has 0 aromatic heterocycles. The van der Waals surface area contributed by atoms with Crippen LogP contribution in [-0.2, 0) is 14.8 Å². The van der Waals surface area contributed by atoms with Crippen LogP contribution in [-0.4, -0.2) is 39.2 Å². The van der Waals surface area contributed by atoms with Crippen molar-refractivity contribution in [2.45, 2.75) is 26.7 Å². The van der Waals surface area contributed by atoms with Gasteiger partial charge in [-0.25, -0.2) is 13.2 Å². The minimum absolute atomic E-state index is 0.149. The van der Waals surface area contributed by atoms with Gasteiger partial charge >= 0.3 is 5.97 Å². The third-order valence-corrected chi connectivity index (χ3v) is 6.59. The summed E-state index contributed by atoms with van der Waals surface area (Å²) in [4.78, 5) is 24.3. The van der Waals surface area contributed by atoms with E-state index in [4.69, 9.17) is 4.74 Å². The molecule has 1 heterocycles. The molecule has 1 amide bonds. The maximum atomic E-state index is 12.6. The maximum Gasteiger partial charge on any atom is 0.338 e. The number of carbonyl (C=O) groups is 2. The van der Waals surface area contributed by atoms with Gasteiger partial charge in [-0.05, 0) is 74.7 Å². The number of anilines is 2. The number of esters is 1. The van der Waals surface area contributed by atoms with Crippen LogP contribution in [0.1, 0.15) is 46.0 Å². The van der Waals surface area contributed by atoms with Gasteiger partial charge in [-0.15, -0.1) is 0 Å². The van der Waals surface area contributed by atoms with Crippen LogP contribution >= 0.6 is 0 Å². The van der Waals surface area contributed by atoms with Gasteiger partial charge in [-0.1, -0.05) is 0 Å². The molecule has 2 aromatic carbocycles. The van der Waals surface area contributed by atoms with Gasteiger partial charge in [0.1, 0.15) is 0 Å². The van der Waals surface area contributed by atoms with E-state index in [2.05, 4.69) is 5.32 Å². The lowest BCUT2D eigenvalue weighted by atomic mass is 10.1. The van der Waals surface area contributed by atoms with Crippen molar-refractivity contribution in [3.8, 4) is 0 Å². The second kappa shape index (κ2) is 8.65. The van der Waals surface area contributed by atoms with E-state index in [0.717, 1.165) is 12.0 Å². The minimum atomic E-state index is -3.30. The van der Waals surface area contributed by atoms with Crippen LogP contribution in [0.5, 0.6) is 0 Å². The molecule has 2 aromatic rings. The zero-order chi connectivity index (χ0) is 21.0. The van der Waals surface area contributed by atoms with Gasteiger partial charge in [0.05, 0.1) is 23.6 Å². The Hall–Kier alpha value is -2.87. The number of hydrogen-bond donors (Lipinski definition) is 1. The number of carbonyl (C=O) groups excluding carboxylic acids is 2. The highest BCUT2D eigenvalue weighted by Gasteiger charge is 2.27. The molecule has 3 rings (SSSR count). The van der Waals surface area contributed by atoms with Crippen molar-refractivity contribution < 1.29 is 22.7 Å². The molecule has 154 valence electrons. The van der Waals surface area contributed by atoms with E-state index in [-0.39, 0.29) is 11.7 Å². The van der Waals surface area contributed by atoms with Gasteiger partial charge in [0.2, 0.25) is 10.0 Å². The Kier molecular flexibility index (Phi) is 6.22. The number of amides is 1. The summed E-state index contributed by atoms with van der Waals surface area (Å²) in [6, 6.07) is 11.4. The van der Waals surface area contributed by atoms with E-state index in [9.17, 15) is 18.0 Å². The van der Waals surface area contributed by atoms with Crippen molar-refractivity contribution in [2.75, 3.05) is 28.5 Å². The smallest absolute Gasteiger partial charge is 0.338 e. The maximum absolute atomic E-state index is 12.6. The van der Waals surface area contributed by atoms with E-state index in [1.165, 1.54) is 4.31 Å². The third kappa shape index (κ3) is 4.76. The highest BCUT2D eigenvalue weighted by molar-refractivity contribution is 7.92. The second-order valence-corrected chi connectivity index (χ2v) is 8.86. The van der Waals surface area contributed by atoms with E-state index >= 15 is 0 Å². The zero-order valence-electron chi connectivity index (χ0n) is 16.5. The molecule has 0 spiro atoms. The van der Waals surface area contributed by atoms with Gasteiger partial charge in [0.15, 0.2) is 0 Å². The van der Waals surface area contributed by atoms with Crippen molar-refractivity contribution in [3.63, 3.8) is 0 Å². The van der Waals surface area contributed by atoms with E-state index in [1.807, 2.05) is 0 Å². The molecule has 0 bridgehead atoms. The summed E-state index contributed by atoms with van der Waals surface area (Å²) in [6.07, 6.45) is 1.50. The second-order valence-electron chi connectivity index (χ2n) is 6.85. The number of benzene rings is 2. The number of sulfonamides is 1. The number of rotatable bonds is 5. The SMILES string of the molecule is CCOC(=O)c1ccc(NC(=O)c2ccc(N3CCCCS3(=O)=O)c(C)c2)cc1. The molecule has 0 radical (unpaired) electrons. The predicted octanol–water partition coefficient (Wildman–Crippen LogP) is 3.35. The zero-order valence-corrected chi connectivity index (χ0v) is 17.3. The first-order valence-electron chi connectivity index (χ1n) is 9.51. The fourth-order valence-electron chi connectivity index (χ4n) is 3.24. The summed E-state index contributed by atoms with van der Waals surface area (Å²) in [5.41, 5.74) is 2.71. The van der Waals surface area contributed by atoms with Gasteiger partial charge < -0.3 is 10.1 Å². The van der Waals surface area contributed by atoms with Crippen LogP contribution in [0.2, 0.25) is 0 Å². The van der Waals surface area contributed by atoms with Crippen molar-refractivity contribution >= 4 is 33.3 Å². The average Bonchev–Trinajstić information content (AvgIpc) is 2.69. The molecule has 1 saturated heterocycles. The number of nitrogens with one attached hydrogen (secondary N) is 1. The van der Waals surface area contributed by atoms with E-state index < -0.39 is 16.0 Å². The van der Waals surface area contributed by atoms with Crippen LogP contribution in [0.25, 0.3) is 0 Å². The van der Waals surface area contributed by atoms with Crippen LogP contribution in [0, 0.1) is 6.92 Å². The fraction of sp³-hybridized carbons (Fsp3) is 0.333. The summed E-state index contributed by atoms with van der Waals surface area (Å²) in [5, 5.41) is 2.78. The average molecular weight is 416 g/mol. The van der Waals surface area contributed by atoms with Crippen LogP contribution in [0.3, 0.4) is 0 Å². The lowest BCUT2D eigenvalue weighted by molar-refractivity contribution is 0.0526. The number of nitrogens with zero attached hydrogens (tertiary/aromatic N) is 1. The minimum Gasteiger partial charge on any atom is -0.462 e. The molecule has 0 atom stereocenters. The van der Waals surface area contributed by atoms with Crippen molar-refractivity contribution in [1.29, 1.82) is 0 Å². The van der Waals surface area contributed by atoms with Gasteiger partial charge in [0.25, 0.3) is 5.91 Å². The van der Waals surface area contributed by atoms with Crippen LogP contribution in [0.4, 0.5) is 11.4 Å². The van der Waals surface area contributed by atoms with Crippen molar-refractivity contribution in [3.05, 3.63) is 59.2 Å². The summed E-state index contributed by atoms with van der Waals surface area (Å²) in [5.74, 6) is -0.578. The summed E-state index contributed by atoms with van der Waals surface area (Å²) in [6.45, 7) is 4.29. The Morgan fingerprint density at radius 2 is 1.76 bits per heavy atom. The topological polar surface area (TPSA) is 92.8 Å². The van der Waals surface area contributed by atoms with Gasteiger partial charge in [-0.2, -0.15) is 0 Å². The van der Waals surface area contributed by atoms with Crippen molar-refractivity contribution in [2.24, 2.45) is 0 Å². The number of aryl methyl sites for hydroxylation is 1. The largest absolute Gasteiger partial charge is 0.462 e. The Balaban J connectivity index is 1.73. The monoisotopic (exact) mass is 416 g/mol. The molecule has 0 aliphatic carbocycles. The first-order valence-corrected chi connectivity index (χ1v) is 11.1. The van der Waals surface area contributed by atoms with Gasteiger partial charge in [-0.3, -0.25) is 9.10 Å². The molecular formula is C21H24N2O5S. The predicted molar refractivity (Wildman–Crippen MR) is 112 cm³/mol. The lowest BCUT2D eigenvalue weighted by Crippen LogP contribution is -2.38. The number of ether oxygens (including phenoxy) is 1. The van der Waals surface area contributed by atoms with Crippen LogP contribution < -0.4 is 9.62 Å². The molecule has 0 saturated carbocycles. The standard InChI is InChI=1S/C21H24N2O5S/c1-3-28-21(25)16-6-9-18(10-7-16)22-20(24)17-8-11-19(15(2)14-17)23-12-4-5-13-29(23,26)27/h6-11,14H,3-5,12-13H2,1-2H3,(H,22,24). The molecule has 8 heteroatoms. The van der Waals surface area contributed by atoms with Gasteiger partial charge in [0, 0.05) is 17.8 Å². The normalized spacial score (nSPS) is 15.6. The van der Waals surface area contributed by atoms with Crippen LogP contribution in [0.15, 0.2) is 42.5 Å². The van der Waals surface area contributed by atoms with E-state index in [0.29, 0.717) is 42.1 Å². The highest BCUT2D eigenvalue weighted by Crippen LogP contribution is 2.27. The summed E-state index contributed by atoms with van der Waals surface area (Å²) >= 11 is 0. The molecule has 1 fully saturated rings. The molecule has 29 heavy (non-hydrogen) atoms. The first kappa shape index (κ1) is 20.9. The first-order chi connectivity index (χ1) is 13.8. The molecule has 1 aliphatic rings. The Morgan fingerprint density at radius 1 is 1.07 bits per heavy atom. The summed E-state index contributed by atoms with van der Waals surface area (Å²) < 4.78 is 31.0. The Morgan fingerprint density at radius 3 is 2.38 bits per heavy atom. The number of hydrogen-bond acceptors (Lipinski definition) is 5. The Labute approximate surface area is 170 Å². The Bertz CT molecular complexity index is 1020. The highest BCUT2D eigenvalue weighted by atomic mass is 32.2. The fourth-order valence-corrected chi connectivity index (χ4v) is 4.94. The lowest BCUT2D eigenvalue weighted by Gasteiger charge is -2.29. The van der Waals surface area contributed by atoms with E-state index in [1.54, 1.807) is 56.3 Å². The molecule has 1 aliphatic heterocycles. The molecular weight excluding hydrogens is 392 g/mol. The summed E-state index contributed by atoms with van der Waals surface area (Å²) in [7, 11) is -3.30. The molecule has 7 nitrogen and oxygen atoms in total. The molecule has 1 N–H and O–H groups in total. The quantitative estimate of drug-likeness (QED) is 0.755.